The lowest BCUT2D eigenvalue weighted by Gasteiger charge is -2.32. The maximum absolute atomic E-state index is 12.8. The van der Waals surface area contributed by atoms with Crippen LogP contribution in [0.15, 0.2) is 40.8 Å². The Morgan fingerprint density at radius 3 is 2.80 bits per heavy atom. The SMILES string of the molecule is COc1ccc(C(=O)N2CCc3c([nH]c4ccccc34)C2C(=O)O)o1. The van der Waals surface area contributed by atoms with Crippen LogP contribution in [0.5, 0.6) is 5.95 Å². The Bertz CT molecular complexity index is 971. The summed E-state index contributed by atoms with van der Waals surface area (Å²) in [6.45, 7) is 0.299. The predicted octanol–water partition coefficient (Wildman–Crippen LogP) is 2.59. The molecule has 25 heavy (non-hydrogen) atoms. The molecule has 0 fully saturated rings. The van der Waals surface area contributed by atoms with E-state index in [2.05, 4.69) is 4.98 Å². The lowest BCUT2D eigenvalue weighted by Crippen LogP contribution is -2.43. The van der Waals surface area contributed by atoms with Crippen LogP contribution in [0, 0.1) is 0 Å². The second kappa shape index (κ2) is 5.70. The summed E-state index contributed by atoms with van der Waals surface area (Å²) in [6.07, 6.45) is 0.576. The number of H-pyrrole nitrogens is 1. The number of aromatic amines is 1. The Balaban J connectivity index is 1.77. The molecule has 128 valence electrons. The summed E-state index contributed by atoms with van der Waals surface area (Å²) in [5.74, 6) is -1.29. The number of nitrogens with one attached hydrogen (secondary N) is 1. The first-order valence-corrected chi connectivity index (χ1v) is 7.87. The number of hydrogen-bond donors (Lipinski definition) is 2. The Morgan fingerprint density at radius 2 is 2.08 bits per heavy atom. The highest BCUT2D eigenvalue weighted by Gasteiger charge is 2.39. The van der Waals surface area contributed by atoms with Crippen molar-refractivity contribution in [1.29, 1.82) is 0 Å². The fourth-order valence-electron chi connectivity index (χ4n) is 3.40. The van der Waals surface area contributed by atoms with E-state index >= 15 is 0 Å². The highest BCUT2D eigenvalue weighted by atomic mass is 16.6. The molecule has 1 aliphatic rings. The fraction of sp³-hybridized carbons (Fsp3) is 0.222. The summed E-state index contributed by atoms with van der Waals surface area (Å²) < 4.78 is 10.2. The predicted molar refractivity (Wildman–Crippen MR) is 88.7 cm³/mol. The highest BCUT2D eigenvalue weighted by molar-refractivity contribution is 5.96. The van der Waals surface area contributed by atoms with Gasteiger partial charge in [-0.1, -0.05) is 18.2 Å². The number of hydrogen-bond acceptors (Lipinski definition) is 4. The quantitative estimate of drug-likeness (QED) is 0.764. The molecule has 2 N–H and O–H groups in total. The Labute approximate surface area is 142 Å². The van der Waals surface area contributed by atoms with Crippen LogP contribution in [0.25, 0.3) is 10.9 Å². The van der Waals surface area contributed by atoms with Gasteiger partial charge in [-0.15, -0.1) is 0 Å². The topological polar surface area (TPSA) is 95.8 Å². The van der Waals surface area contributed by atoms with Gasteiger partial charge in [0.2, 0.25) is 0 Å². The maximum Gasteiger partial charge on any atom is 0.332 e. The van der Waals surface area contributed by atoms with Crippen molar-refractivity contribution in [1.82, 2.24) is 9.88 Å². The number of amides is 1. The van der Waals surface area contributed by atoms with Gasteiger partial charge in [-0.3, -0.25) is 4.79 Å². The molecule has 0 spiro atoms. The van der Waals surface area contributed by atoms with Gasteiger partial charge in [0, 0.05) is 23.5 Å². The number of para-hydroxylation sites is 1. The number of rotatable bonds is 3. The van der Waals surface area contributed by atoms with Gasteiger partial charge in [0.25, 0.3) is 11.9 Å². The molecule has 4 rings (SSSR count). The average molecular weight is 340 g/mol. The Kier molecular flexibility index (Phi) is 3.49. The number of carboxylic acids is 1. The van der Waals surface area contributed by atoms with Crippen LogP contribution in [0.4, 0.5) is 0 Å². The molecular formula is C18H16N2O5. The van der Waals surface area contributed by atoms with Crippen molar-refractivity contribution >= 4 is 22.8 Å². The number of carbonyl (C=O) groups excluding carboxylic acids is 1. The number of ether oxygens (including phenoxy) is 1. The van der Waals surface area contributed by atoms with E-state index < -0.39 is 17.9 Å². The number of aromatic nitrogens is 1. The lowest BCUT2D eigenvalue weighted by molar-refractivity contribution is -0.143. The van der Waals surface area contributed by atoms with E-state index in [1.807, 2.05) is 24.3 Å². The number of benzene rings is 1. The van der Waals surface area contributed by atoms with E-state index in [0.717, 1.165) is 16.5 Å². The smallest absolute Gasteiger partial charge is 0.332 e. The first-order valence-electron chi connectivity index (χ1n) is 7.87. The van der Waals surface area contributed by atoms with Gasteiger partial charge in [0.05, 0.1) is 12.8 Å². The molecule has 1 aliphatic heterocycles. The van der Waals surface area contributed by atoms with Gasteiger partial charge in [-0.05, 0) is 24.1 Å². The number of carboxylic acid groups (broad SMARTS) is 1. The van der Waals surface area contributed by atoms with E-state index in [0.29, 0.717) is 18.7 Å². The minimum absolute atomic E-state index is 0.0580. The van der Waals surface area contributed by atoms with Crippen LogP contribution in [0.2, 0.25) is 0 Å². The lowest BCUT2D eigenvalue weighted by atomic mass is 9.97. The number of furan rings is 1. The summed E-state index contributed by atoms with van der Waals surface area (Å²) in [5, 5.41) is 10.8. The Hall–Kier alpha value is -3.22. The van der Waals surface area contributed by atoms with E-state index in [1.54, 1.807) is 0 Å². The number of carbonyl (C=O) groups is 2. The number of nitrogens with zero attached hydrogens (tertiary/aromatic N) is 1. The zero-order valence-electron chi connectivity index (χ0n) is 13.5. The maximum atomic E-state index is 12.8. The van der Waals surface area contributed by atoms with Crippen molar-refractivity contribution in [2.24, 2.45) is 0 Å². The van der Waals surface area contributed by atoms with Gasteiger partial charge < -0.3 is 24.1 Å². The zero-order valence-corrected chi connectivity index (χ0v) is 13.5. The standard InChI is InChI=1S/C18H16N2O5/c1-24-14-7-6-13(25-14)17(21)20-9-8-11-10-4-2-3-5-12(10)19-15(11)16(20)18(22)23/h2-7,16,19H,8-9H2,1H3,(H,22,23). The van der Waals surface area contributed by atoms with Crippen molar-refractivity contribution in [3.8, 4) is 5.95 Å². The summed E-state index contributed by atoms with van der Waals surface area (Å²) in [6, 6.07) is 9.59. The molecule has 3 aromatic rings. The fourth-order valence-corrected chi connectivity index (χ4v) is 3.40. The van der Waals surface area contributed by atoms with Gasteiger partial charge in [-0.25, -0.2) is 4.79 Å². The molecule has 1 aromatic carbocycles. The first-order chi connectivity index (χ1) is 12.1. The molecule has 0 aliphatic carbocycles. The van der Waals surface area contributed by atoms with Crippen LogP contribution in [0.1, 0.15) is 27.9 Å². The molecule has 0 saturated carbocycles. The largest absolute Gasteiger partial charge is 0.479 e. The molecule has 0 bridgehead atoms. The molecule has 7 nitrogen and oxygen atoms in total. The molecule has 1 amide bonds. The van der Waals surface area contributed by atoms with Crippen LogP contribution < -0.4 is 4.74 Å². The number of aliphatic carboxylic acids is 1. The molecule has 0 saturated heterocycles. The third kappa shape index (κ3) is 2.36. The van der Waals surface area contributed by atoms with Crippen LogP contribution in [-0.4, -0.2) is 40.5 Å². The molecule has 3 heterocycles. The highest BCUT2D eigenvalue weighted by Crippen LogP contribution is 2.35. The molecule has 7 heteroatoms. The third-order valence-corrected chi connectivity index (χ3v) is 4.52. The van der Waals surface area contributed by atoms with Gasteiger partial charge in [-0.2, -0.15) is 0 Å². The summed E-state index contributed by atoms with van der Waals surface area (Å²) in [4.78, 5) is 29.2. The van der Waals surface area contributed by atoms with E-state index in [-0.39, 0.29) is 11.7 Å². The van der Waals surface area contributed by atoms with Gasteiger partial charge >= 0.3 is 5.97 Å². The summed E-state index contributed by atoms with van der Waals surface area (Å²) >= 11 is 0. The van der Waals surface area contributed by atoms with E-state index in [9.17, 15) is 14.7 Å². The first kappa shape index (κ1) is 15.3. The van der Waals surface area contributed by atoms with E-state index in [1.165, 1.54) is 24.1 Å². The normalized spacial score (nSPS) is 16.7. The van der Waals surface area contributed by atoms with Gasteiger partial charge in [0.15, 0.2) is 11.8 Å². The zero-order chi connectivity index (χ0) is 17.6. The van der Waals surface area contributed by atoms with Crippen LogP contribution >= 0.6 is 0 Å². The van der Waals surface area contributed by atoms with Crippen LogP contribution in [0.3, 0.4) is 0 Å². The summed E-state index contributed by atoms with van der Waals surface area (Å²) in [7, 11) is 1.44. The van der Waals surface area contributed by atoms with Crippen molar-refractivity contribution in [2.45, 2.75) is 12.5 Å². The molecule has 2 aromatic heterocycles. The average Bonchev–Trinajstić information content (AvgIpc) is 3.24. The molecule has 1 unspecified atom stereocenters. The van der Waals surface area contributed by atoms with Crippen molar-refractivity contribution in [2.75, 3.05) is 13.7 Å². The second-order valence-corrected chi connectivity index (χ2v) is 5.87. The molecular weight excluding hydrogens is 324 g/mol. The monoisotopic (exact) mass is 340 g/mol. The molecule has 1 atom stereocenters. The van der Waals surface area contributed by atoms with Crippen molar-refractivity contribution in [3.05, 3.63) is 53.4 Å². The Morgan fingerprint density at radius 1 is 1.28 bits per heavy atom. The minimum Gasteiger partial charge on any atom is -0.479 e. The summed E-state index contributed by atoms with van der Waals surface area (Å²) in [5.41, 5.74) is 2.36. The number of fused-ring (bicyclic) bond motifs is 3. The van der Waals surface area contributed by atoms with Gasteiger partial charge in [0.1, 0.15) is 0 Å². The second-order valence-electron chi connectivity index (χ2n) is 5.87. The van der Waals surface area contributed by atoms with Crippen molar-refractivity contribution in [3.63, 3.8) is 0 Å². The van der Waals surface area contributed by atoms with Crippen molar-refractivity contribution < 1.29 is 23.8 Å². The minimum atomic E-state index is -1.08. The van der Waals surface area contributed by atoms with Crippen LogP contribution in [-0.2, 0) is 11.2 Å². The molecule has 0 radical (unpaired) electrons. The number of methoxy groups -OCH3 is 1. The van der Waals surface area contributed by atoms with E-state index in [4.69, 9.17) is 9.15 Å². The third-order valence-electron chi connectivity index (χ3n) is 4.52.